The molecule has 200 valence electrons. The molecule has 0 bridgehead atoms. The fourth-order valence-electron chi connectivity index (χ4n) is 6.20. The predicted molar refractivity (Wildman–Crippen MR) is 133 cm³/mol. The average molecular weight is 529 g/mol. The molecule has 1 unspecified atom stereocenters. The fourth-order valence-corrected chi connectivity index (χ4v) is 6.37. The molecule has 0 aromatic heterocycles. The van der Waals surface area contributed by atoms with Gasteiger partial charge in [0.25, 0.3) is 0 Å². The number of piperazine rings is 1. The van der Waals surface area contributed by atoms with Crippen LogP contribution in [0, 0.1) is 0 Å². The van der Waals surface area contributed by atoms with Gasteiger partial charge in [-0.2, -0.15) is 13.2 Å². The van der Waals surface area contributed by atoms with Gasteiger partial charge in [-0.3, -0.25) is 9.80 Å². The van der Waals surface area contributed by atoms with Gasteiger partial charge in [0, 0.05) is 68.1 Å². The van der Waals surface area contributed by atoms with Gasteiger partial charge in [-0.15, -0.1) is 0 Å². The van der Waals surface area contributed by atoms with Gasteiger partial charge in [0.15, 0.2) is 6.10 Å². The van der Waals surface area contributed by atoms with Gasteiger partial charge in [-0.1, -0.05) is 17.7 Å². The Balaban J connectivity index is 1.18. The molecular weight excluding hydrogens is 493 g/mol. The van der Waals surface area contributed by atoms with Crippen LogP contribution in [0.5, 0.6) is 0 Å². The van der Waals surface area contributed by atoms with E-state index in [9.17, 15) is 18.0 Å². The summed E-state index contributed by atoms with van der Waals surface area (Å²) < 4.78 is 42.8. The van der Waals surface area contributed by atoms with Gasteiger partial charge in [-0.25, -0.2) is 4.79 Å². The summed E-state index contributed by atoms with van der Waals surface area (Å²) in [4.78, 5) is 21.0. The molecule has 0 radical (unpaired) electrons. The van der Waals surface area contributed by atoms with Crippen LogP contribution in [0.15, 0.2) is 18.2 Å². The van der Waals surface area contributed by atoms with Crippen molar-refractivity contribution in [1.82, 2.24) is 14.7 Å². The highest BCUT2D eigenvalue weighted by atomic mass is 35.5. The first-order valence-electron chi connectivity index (χ1n) is 13.2. The summed E-state index contributed by atoms with van der Waals surface area (Å²) in [6.07, 6.45) is 0.155. The van der Waals surface area contributed by atoms with Gasteiger partial charge in [-0.05, 0) is 69.7 Å². The number of hydrogen-bond acceptors (Lipinski definition) is 5. The second kappa shape index (κ2) is 10.2. The van der Waals surface area contributed by atoms with Crippen LogP contribution in [-0.2, 0) is 11.3 Å². The van der Waals surface area contributed by atoms with Gasteiger partial charge in [0.05, 0.1) is 0 Å². The molecule has 3 heterocycles. The summed E-state index contributed by atoms with van der Waals surface area (Å²) in [5, 5.41) is 0.723. The molecule has 6 nitrogen and oxygen atoms in total. The van der Waals surface area contributed by atoms with E-state index in [4.69, 9.17) is 11.6 Å². The van der Waals surface area contributed by atoms with Crippen LogP contribution >= 0.6 is 11.6 Å². The third-order valence-corrected chi connectivity index (χ3v) is 8.72. The topological polar surface area (TPSA) is 39.3 Å². The van der Waals surface area contributed by atoms with Crippen molar-refractivity contribution in [1.29, 1.82) is 0 Å². The lowest BCUT2D eigenvalue weighted by molar-refractivity contribution is -0.200. The zero-order valence-corrected chi connectivity index (χ0v) is 21.7. The fraction of sp³-hybridized carbons (Fsp3) is 0.731. The highest BCUT2D eigenvalue weighted by Gasteiger charge is 2.48. The molecular formula is C26H36ClF3N4O2. The normalized spacial score (nSPS) is 24.4. The van der Waals surface area contributed by atoms with E-state index in [0.717, 1.165) is 31.1 Å². The van der Waals surface area contributed by atoms with Gasteiger partial charge >= 0.3 is 12.3 Å². The number of benzene rings is 1. The lowest BCUT2D eigenvalue weighted by atomic mass is 9.84. The first-order valence-corrected chi connectivity index (χ1v) is 13.6. The number of hydrogen-bond donors (Lipinski definition) is 0. The maximum absolute atomic E-state index is 12.7. The number of piperidine rings is 1. The van der Waals surface area contributed by atoms with Crippen molar-refractivity contribution in [3.8, 4) is 0 Å². The first kappa shape index (κ1) is 25.9. The van der Waals surface area contributed by atoms with Gasteiger partial charge in [0.2, 0.25) is 0 Å². The largest absolute Gasteiger partial charge is 0.437 e. The van der Waals surface area contributed by atoms with Crippen LogP contribution in [0.3, 0.4) is 0 Å². The molecule has 36 heavy (non-hydrogen) atoms. The molecule has 1 amide bonds. The number of likely N-dealkylation sites (tertiary alicyclic amines) is 1. The zero-order valence-electron chi connectivity index (χ0n) is 20.9. The minimum Gasteiger partial charge on any atom is -0.437 e. The molecule has 0 N–H and O–H groups in total. The Hall–Kier alpha value is -1.71. The van der Waals surface area contributed by atoms with E-state index in [2.05, 4.69) is 31.6 Å². The van der Waals surface area contributed by atoms with Crippen LogP contribution in [0.1, 0.15) is 51.0 Å². The van der Waals surface area contributed by atoms with Crippen LogP contribution < -0.4 is 4.90 Å². The van der Waals surface area contributed by atoms with E-state index >= 15 is 0 Å². The Morgan fingerprint density at radius 3 is 2.42 bits per heavy atom. The standard InChI is InChI=1S/C26H36ClF3N4O2/c1-19(26(28,29)30)36-24(35)33-15-13-31(14-16-33)18-20-3-4-21(27)17-23(20)32-11-8-25(9-12-32)7-2-10-34(25)22-5-6-22/h3-4,17,19,22H,2,5-16,18H2,1H3. The maximum atomic E-state index is 12.7. The third kappa shape index (κ3) is 5.58. The van der Waals surface area contributed by atoms with E-state index in [1.54, 1.807) is 0 Å². The minimum absolute atomic E-state index is 0.343. The highest BCUT2D eigenvalue weighted by molar-refractivity contribution is 6.30. The molecule has 1 aromatic carbocycles. The van der Waals surface area contributed by atoms with E-state index in [-0.39, 0.29) is 0 Å². The molecule has 1 aliphatic carbocycles. The van der Waals surface area contributed by atoms with E-state index < -0.39 is 18.4 Å². The van der Waals surface area contributed by atoms with Crippen molar-refractivity contribution in [3.63, 3.8) is 0 Å². The lowest BCUT2D eigenvalue weighted by Crippen LogP contribution is -2.53. The number of amides is 1. The monoisotopic (exact) mass is 528 g/mol. The molecule has 1 atom stereocenters. The second-order valence-electron chi connectivity index (χ2n) is 10.8. The molecule has 1 aromatic rings. The number of halogens is 4. The quantitative estimate of drug-likeness (QED) is 0.529. The molecule has 4 fully saturated rings. The molecule has 10 heteroatoms. The Morgan fingerprint density at radius 2 is 1.78 bits per heavy atom. The summed E-state index contributed by atoms with van der Waals surface area (Å²) in [7, 11) is 0. The molecule has 3 saturated heterocycles. The van der Waals surface area contributed by atoms with E-state index in [1.807, 2.05) is 6.07 Å². The van der Waals surface area contributed by atoms with Crippen LogP contribution in [0.2, 0.25) is 5.02 Å². The number of carbonyl (C=O) groups excluding carboxylic acids is 1. The Bertz CT molecular complexity index is 942. The smallest absolute Gasteiger partial charge is 0.425 e. The van der Waals surface area contributed by atoms with Crippen molar-refractivity contribution >= 4 is 23.4 Å². The van der Waals surface area contributed by atoms with Gasteiger partial charge in [0.1, 0.15) is 0 Å². The van der Waals surface area contributed by atoms with Crippen LogP contribution in [0.25, 0.3) is 0 Å². The number of anilines is 1. The number of ether oxygens (including phenoxy) is 1. The third-order valence-electron chi connectivity index (χ3n) is 8.48. The highest BCUT2D eigenvalue weighted by Crippen LogP contribution is 2.45. The summed E-state index contributed by atoms with van der Waals surface area (Å²) in [5.41, 5.74) is 2.75. The SMILES string of the molecule is CC(OC(=O)N1CCN(Cc2ccc(Cl)cc2N2CCC3(CCCN3C3CC3)CC2)CC1)C(F)(F)F. The number of rotatable bonds is 5. The van der Waals surface area contributed by atoms with Crippen molar-refractivity contribution in [2.45, 2.75) is 75.9 Å². The summed E-state index contributed by atoms with van der Waals surface area (Å²) >= 11 is 6.41. The number of nitrogens with zero attached hydrogens (tertiary/aromatic N) is 4. The van der Waals surface area contributed by atoms with Crippen molar-refractivity contribution < 1.29 is 22.7 Å². The van der Waals surface area contributed by atoms with E-state index in [1.165, 1.54) is 61.2 Å². The van der Waals surface area contributed by atoms with Crippen LogP contribution in [-0.4, -0.2) is 90.5 Å². The van der Waals surface area contributed by atoms with Crippen LogP contribution in [0.4, 0.5) is 23.7 Å². The first-order chi connectivity index (χ1) is 17.1. The second-order valence-corrected chi connectivity index (χ2v) is 11.3. The van der Waals surface area contributed by atoms with Crippen molar-refractivity contribution in [3.05, 3.63) is 28.8 Å². The maximum Gasteiger partial charge on any atom is 0.425 e. The average Bonchev–Trinajstić information content (AvgIpc) is 3.61. The zero-order chi connectivity index (χ0) is 25.5. The molecule has 5 rings (SSSR count). The number of alkyl halides is 3. The summed E-state index contributed by atoms with van der Waals surface area (Å²) in [5.74, 6) is 0. The molecule has 3 aliphatic heterocycles. The van der Waals surface area contributed by atoms with E-state index in [0.29, 0.717) is 38.3 Å². The summed E-state index contributed by atoms with van der Waals surface area (Å²) in [6.45, 7) is 6.71. The lowest BCUT2D eigenvalue weighted by Gasteiger charge is -2.46. The predicted octanol–water partition coefficient (Wildman–Crippen LogP) is 5.14. The Kier molecular flexibility index (Phi) is 7.36. The summed E-state index contributed by atoms with van der Waals surface area (Å²) in [6, 6.07) is 6.88. The molecule has 1 spiro atoms. The Labute approximate surface area is 216 Å². The van der Waals surface area contributed by atoms with Crippen molar-refractivity contribution in [2.24, 2.45) is 0 Å². The van der Waals surface area contributed by atoms with Gasteiger partial charge < -0.3 is 14.5 Å². The molecule has 1 saturated carbocycles. The van der Waals surface area contributed by atoms with Crippen molar-refractivity contribution in [2.75, 3.05) is 50.7 Å². The minimum atomic E-state index is -4.55. The molecule has 4 aliphatic rings. The Morgan fingerprint density at radius 1 is 1.08 bits per heavy atom. The number of carbonyl (C=O) groups is 1.